The van der Waals surface area contributed by atoms with Crippen LogP contribution in [0.1, 0.15) is 45.6 Å². The molecule has 1 saturated heterocycles. The van der Waals surface area contributed by atoms with Crippen LogP contribution in [0.3, 0.4) is 0 Å². The fourth-order valence-corrected chi connectivity index (χ4v) is 3.34. The summed E-state index contributed by atoms with van der Waals surface area (Å²) >= 11 is 0. The van der Waals surface area contributed by atoms with E-state index < -0.39 is 12.1 Å². The molecule has 0 aliphatic carbocycles. The van der Waals surface area contributed by atoms with Crippen LogP contribution in [0.15, 0.2) is 29.8 Å². The lowest BCUT2D eigenvalue weighted by Gasteiger charge is -2.40. The number of likely N-dealkylation sites (tertiary alicyclic amines) is 1. The minimum Gasteiger partial charge on any atom is -0.497 e. The van der Waals surface area contributed by atoms with Crippen molar-refractivity contribution in [2.75, 3.05) is 7.11 Å². The summed E-state index contributed by atoms with van der Waals surface area (Å²) in [6, 6.07) is 9.02. The van der Waals surface area contributed by atoms with Crippen molar-refractivity contribution in [2.24, 2.45) is 0 Å². The van der Waals surface area contributed by atoms with Gasteiger partial charge in [0.05, 0.1) is 7.11 Å². The molecule has 0 N–H and O–H groups in total. The standard InChI is InChI=1S/C21H26N2O4/c1-14-6-5-7-15(2)23(14)20(24)16(3)27-21(25)18(13-22)12-17-8-10-19(26-4)11-9-17/h8-12,14-16H,5-7H2,1-4H3/b18-12+/t14-,15+,16-/m1/s1. The summed E-state index contributed by atoms with van der Waals surface area (Å²) in [7, 11) is 1.56. The molecule has 2 rings (SSSR count). The first kappa shape index (κ1) is 20.5. The number of amides is 1. The highest BCUT2D eigenvalue weighted by molar-refractivity contribution is 5.99. The predicted octanol–water partition coefficient (Wildman–Crippen LogP) is 3.32. The summed E-state index contributed by atoms with van der Waals surface area (Å²) in [6.45, 7) is 5.56. The van der Waals surface area contributed by atoms with Crippen molar-refractivity contribution < 1.29 is 19.1 Å². The number of rotatable bonds is 5. The Morgan fingerprint density at radius 3 is 2.33 bits per heavy atom. The fraction of sp³-hybridized carbons (Fsp3) is 0.476. The second-order valence-electron chi connectivity index (χ2n) is 6.86. The molecule has 0 spiro atoms. The van der Waals surface area contributed by atoms with E-state index in [1.165, 1.54) is 6.08 Å². The first-order valence-corrected chi connectivity index (χ1v) is 9.16. The predicted molar refractivity (Wildman–Crippen MR) is 102 cm³/mol. The van der Waals surface area contributed by atoms with Gasteiger partial charge in [-0.25, -0.2) is 4.79 Å². The van der Waals surface area contributed by atoms with Crippen LogP contribution in [-0.4, -0.2) is 42.1 Å². The number of piperidine rings is 1. The minimum atomic E-state index is -0.937. The van der Waals surface area contributed by atoms with E-state index in [2.05, 4.69) is 0 Å². The molecule has 0 aromatic heterocycles. The summed E-state index contributed by atoms with van der Waals surface area (Å²) in [6.07, 6.45) is 3.47. The van der Waals surface area contributed by atoms with Crippen molar-refractivity contribution in [1.82, 2.24) is 4.90 Å². The highest BCUT2D eigenvalue weighted by Crippen LogP contribution is 2.24. The molecule has 6 heteroatoms. The van der Waals surface area contributed by atoms with Crippen molar-refractivity contribution in [3.05, 3.63) is 35.4 Å². The number of nitrogens with zero attached hydrogens (tertiary/aromatic N) is 2. The molecule has 1 aliphatic heterocycles. The van der Waals surface area contributed by atoms with Gasteiger partial charge in [-0.15, -0.1) is 0 Å². The number of carbonyl (C=O) groups is 2. The average Bonchev–Trinajstić information content (AvgIpc) is 2.66. The van der Waals surface area contributed by atoms with E-state index in [9.17, 15) is 14.9 Å². The van der Waals surface area contributed by atoms with Crippen LogP contribution in [0.5, 0.6) is 5.75 Å². The maximum absolute atomic E-state index is 12.7. The van der Waals surface area contributed by atoms with Crippen LogP contribution in [0.2, 0.25) is 0 Å². The summed E-state index contributed by atoms with van der Waals surface area (Å²) in [4.78, 5) is 26.9. The first-order valence-electron chi connectivity index (χ1n) is 9.16. The molecule has 1 aromatic carbocycles. The van der Waals surface area contributed by atoms with E-state index in [1.54, 1.807) is 43.2 Å². The Kier molecular flexibility index (Phi) is 7.00. The Morgan fingerprint density at radius 2 is 1.81 bits per heavy atom. The summed E-state index contributed by atoms with van der Waals surface area (Å²) in [5.74, 6) is -0.339. The van der Waals surface area contributed by atoms with Gasteiger partial charge in [-0.3, -0.25) is 4.79 Å². The number of ether oxygens (including phenoxy) is 2. The molecule has 1 fully saturated rings. The quantitative estimate of drug-likeness (QED) is 0.451. The van der Waals surface area contributed by atoms with Crippen LogP contribution in [0.25, 0.3) is 6.08 Å². The molecule has 6 nitrogen and oxygen atoms in total. The van der Waals surface area contributed by atoms with E-state index in [4.69, 9.17) is 9.47 Å². The molecule has 0 bridgehead atoms. The number of nitriles is 1. The van der Waals surface area contributed by atoms with Crippen LogP contribution in [0, 0.1) is 11.3 Å². The molecule has 1 heterocycles. The van der Waals surface area contributed by atoms with Gasteiger partial charge >= 0.3 is 5.97 Å². The summed E-state index contributed by atoms with van der Waals surface area (Å²) in [5, 5.41) is 9.30. The number of hydrogen-bond donors (Lipinski definition) is 0. The lowest BCUT2D eigenvalue weighted by Crippen LogP contribution is -2.51. The zero-order valence-electron chi connectivity index (χ0n) is 16.3. The molecule has 0 saturated carbocycles. The van der Waals surface area contributed by atoms with Crippen LogP contribution in [-0.2, 0) is 14.3 Å². The van der Waals surface area contributed by atoms with Crippen molar-refractivity contribution in [2.45, 2.75) is 58.2 Å². The van der Waals surface area contributed by atoms with Gasteiger partial charge in [0.1, 0.15) is 17.4 Å². The lowest BCUT2D eigenvalue weighted by molar-refractivity contribution is -0.159. The highest BCUT2D eigenvalue weighted by atomic mass is 16.5. The maximum atomic E-state index is 12.7. The zero-order chi connectivity index (χ0) is 20.0. The highest BCUT2D eigenvalue weighted by Gasteiger charge is 2.33. The third-order valence-corrected chi connectivity index (χ3v) is 4.85. The van der Waals surface area contributed by atoms with Gasteiger partial charge in [-0.1, -0.05) is 12.1 Å². The van der Waals surface area contributed by atoms with Crippen molar-refractivity contribution >= 4 is 18.0 Å². The van der Waals surface area contributed by atoms with E-state index in [0.717, 1.165) is 19.3 Å². The van der Waals surface area contributed by atoms with Gasteiger partial charge in [0.25, 0.3) is 5.91 Å². The monoisotopic (exact) mass is 370 g/mol. The number of carbonyl (C=O) groups excluding carboxylic acids is 2. The van der Waals surface area contributed by atoms with Gasteiger partial charge in [0.2, 0.25) is 0 Å². The zero-order valence-corrected chi connectivity index (χ0v) is 16.3. The topological polar surface area (TPSA) is 79.6 Å². The molecule has 1 aromatic rings. The van der Waals surface area contributed by atoms with Gasteiger partial charge in [0, 0.05) is 12.1 Å². The molecular weight excluding hydrogens is 344 g/mol. The second kappa shape index (κ2) is 9.22. The normalized spacial score (nSPS) is 21.1. The largest absolute Gasteiger partial charge is 0.497 e. The van der Waals surface area contributed by atoms with Gasteiger partial charge in [-0.05, 0) is 63.8 Å². The van der Waals surface area contributed by atoms with Gasteiger partial charge < -0.3 is 14.4 Å². The molecule has 1 aliphatic rings. The maximum Gasteiger partial charge on any atom is 0.349 e. The smallest absolute Gasteiger partial charge is 0.349 e. The van der Waals surface area contributed by atoms with Crippen LogP contribution >= 0.6 is 0 Å². The van der Waals surface area contributed by atoms with Crippen molar-refractivity contribution in [3.63, 3.8) is 0 Å². The molecule has 0 radical (unpaired) electrons. The van der Waals surface area contributed by atoms with Crippen molar-refractivity contribution in [1.29, 1.82) is 5.26 Å². The average molecular weight is 370 g/mol. The molecular formula is C21H26N2O4. The van der Waals surface area contributed by atoms with E-state index >= 15 is 0 Å². The van der Waals surface area contributed by atoms with Crippen LogP contribution < -0.4 is 4.74 Å². The third kappa shape index (κ3) is 5.10. The molecule has 1 amide bonds. The first-order chi connectivity index (χ1) is 12.9. The Bertz CT molecular complexity index is 738. The third-order valence-electron chi connectivity index (χ3n) is 4.85. The molecule has 3 atom stereocenters. The van der Waals surface area contributed by atoms with Crippen molar-refractivity contribution in [3.8, 4) is 11.8 Å². The molecule has 144 valence electrons. The number of benzene rings is 1. The van der Waals surface area contributed by atoms with Gasteiger partial charge in [-0.2, -0.15) is 5.26 Å². The number of hydrogen-bond acceptors (Lipinski definition) is 5. The SMILES string of the molecule is COc1ccc(/C=C(\C#N)C(=O)O[C@H](C)C(=O)N2[C@H](C)CCC[C@@H]2C)cc1. The van der Waals surface area contributed by atoms with E-state index in [0.29, 0.717) is 11.3 Å². The van der Waals surface area contributed by atoms with Crippen LogP contribution in [0.4, 0.5) is 0 Å². The fourth-order valence-electron chi connectivity index (χ4n) is 3.34. The Labute approximate surface area is 160 Å². The molecule has 27 heavy (non-hydrogen) atoms. The Morgan fingerprint density at radius 1 is 1.22 bits per heavy atom. The molecule has 0 unspecified atom stereocenters. The second-order valence-corrected chi connectivity index (χ2v) is 6.86. The van der Waals surface area contributed by atoms with E-state index in [-0.39, 0.29) is 23.6 Å². The lowest BCUT2D eigenvalue weighted by atomic mass is 9.97. The number of methoxy groups -OCH3 is 1. The summed E-state index contributed by atoms with van der Waals surface area (Å²) < 4.78 is 10.4. The summed E-state index contributed by atoms with van der Waals surface area (Å²) in [5.41, 5.74) is 0.515. The van der Waals surface area contributed by atoms with E-state index in [1.807, 2.05) is 19.9 Å². The minimum absolute atomic E-state index is 0.118. The number of esters is 1. The Balaban J connectivity index is 2.07. The Hall–Kier alpha value is -2.81. The van der Waals surface area contributed by atoms with Gasteiger partial charge in [0.15, 0.2) is 6.10 Å².